The van der Waals surface area contributed by atoms with Gasteiger partial charge in [-0.1, -0.05) is 48.5 Å². The molecular formula is C28H24F2N4O. The molecule has 1 aromatic heterocycles. The minimum atomic E-state index is -0.472. The molecule has 0 aliphatic carbocycles. The van der Waals surface area contributed by atoms with Gasteiger partial charge in [0.15, 0.2) is 5.82 Å². The zero-order valence-electron chi connectivity index (χ0n) is 19.3. The number of likely N-dealkylation sites (tertiary alicyclic amines) is 1. The first-order chi connectivity index (χ1) is 17.0. The Kier molecular flexibility index (Phi) is 5.20. The molecule has 0 spiro atoms. The van der Waals surface area contributed by atoms with Crippen molar-refractivity contribution in [3.63, 3.8) is 0 Å². The molecule has 4 aromatic rings. The molecule has 7 heteroatoms. The molecule has 0 saturated carbocycles. The topological polar surface area (TPSA) is 49.3 Å². The fourth-order valence-corrected chi connectivity index (χ4v) is 5.28. The van der Waals surface area contributed by atoms with Gasteiger partial charge in [0.25, 0.3) is 5.91 Å². The van der Waals surface area contributed by atoms with Crippen molar-refractivity contribution in [1.82, 2.24) is 14.9 Å². The quantitative estimate of drug-likeness (QED) is 0.411. The summed E-state index contributed by atoms with van der Waals surface area (Å²) in [6.45, 7) is 3.50. The molecule has 3 heterocycles. The highest BCUT2D eigenvalue weighted by Gasteiger charge is 2.45. The summed E-state index contributed by atoms with van der Waals surface area (Å²) in [7, 11) is 0. The van der Waals surface area contributed by atoms with Gasteiger partial charge in [-0.3, -0.25) is 9.78 Å². The van der Waals surface area contributed by atoms with Crippen LogP contribution in [0.4, 0.5) is 14.6 Å². The zero-order chi connectivity index (χ0) is 24.1. The van der Waals surface area contributed by atoms with Crippen LogP contribution in [0, 0.1) is 24.5 Å². The van der Waals surface area contributed by atoms with Gasteiger partial charge in [0.2, 0.25) is 0 Å². The highest BCUT2D eigenvalue weighted by atomic mass is 19.1. The van der Waals surface area contributed by atoms with Crippen LogP contribution in [-0.2, 0) is 0 Å². The number of halogens is 2. The number of aryl methyl sites for hydroxylation is 1. The van der Waals surface area contributed by atoms with E-state index in [2.05, 4.69) is 14.9 Å². The maximum absolute atomic E-state index is 15.4. The van der Waals surface area contributed by atoms with Crippen LogP contribution in [0.2, 0.25) is 0 Å². The maximum atomic E-state index is 15.4. The molecule has 1 amide bonds. The standard InChI is InChI=1S/C28H24F2N4O/c1-17-10-11-20(18-6-3-2-4-7-18)25(26(17)30)28(35)33-13-12-19-15-34(23(19)16-33)24-14-31-22-9-5-8-21(29)27(22)32-24/h2-11,14,19,23H,12-13,15-16H2,1H3/t19-,23+/m0/s1. The minimum absolute atomic E-state index is 0.0410. The molecular weight excluding hydrogens is 446 g/mol. The highest BCUT2D eigenvalue weighted by Crippen LogP contribution is 2.37. The van der Waals surface area contributed by atoms with Crippen LogP contribution in [0.5, 0.6) is 0 Å². The van der Waals surface area contributed by atoms with E-state index in [0.717, 1.165) is 18.5 Å². The van der Waals surface area contributed by atoms with Crippen LogP contribution < -0.4 is 4.90 Å². The lowest BCUT2D eigenvalue weighted by Gasteiger charge is -2.54. The second-order valence-electron chi connectivity index (χ2n) is 9.34. The smallest absolute Gasteiger partial charge is 0.257 e. The number of amides is 1. The van der Waals surface area contributed by atoms with Crippen molar-refractivity contribution in [1.29, 1.82) is 0 Å². The number of hydrogen-bond donors (Lipinski definition) is 0. The van der Waals surface area contributed by atoms with Gasteiger partial charge in [0.05, 0.1) is 23.3 Å². The van der Waals surface area contributed by atoms with E-state index < -0.39 is 11.6 Å². The largest absolute Gasteiger partial charge is 0.350 e. The molecule has 2 aliphatic heterocycles. The fourth-order valence-electron chi connectivity index (χ4n) is 5.28. The van der Waals surface area contributed by atoms with E-state index in [-0.39, 0.29) is 23.0 Å². The van der Waals surface area contributed by atoms with E-state index in [1.807, 2.05) is 36.4 Å². The molecule has 2 aliphatic rings. The molecule has 6 rings (SSSR count). The number of fused-ring (bicyclic) bond motifs is 2. The van der Waals surface area contributed by atoms with Crippen LogP contribution in [0.15, 0.2) is 66.9 Å². The summed E-state index contributed by atoms with van der Waals surface area (Å²) in [5, 5.41) is 0. The lowest BCUT2D eigenvalue weighted by molar-refractivity contribution is 0.0587. The van der Waals surface area contributed by atoms with Gasteiger partial charge in [-0.2, -0.15) is 0 Å². The molecule has 2 fully saturated rings. The van der Waals surface area contributed by atoms with Crippen molar-refractivity contribution >= 4 is 22.8 Å². The van der Waals surface area contributed by atoms with Crippen molar-refractivity contribution in [3.8, 4) is 11.1 Å². The number of piperidine rings is 1. The number of carbonyl (C=O) groups is 1. The SMILES string of the molecule is Cc1ccc(-c2ccccc2)c(C(=O)N2CC[C@H]3CN(c4cnc5cccc(F)c5n4)[C@@H]3C2)c1F. The van der Waals surface area contributed by atoms with E-state index >= 15 is 4.39 Å². The van der Waals surface area contributed by atoms with Gasteiger partial charge in [-0.25, -0.2) is 13.8 Å². The summed E-state index contributed by atoms with van der Waals surface area (Å²) in [5.74, 6) is -0.165. The third kappa shape index (κ3) is 3.62. The van der Waals surface area contributed by atoms with Crippen LogP contribution in [0.25, 0.3) is 22.2 Å². The van der Waals surface area contributed by atoms with E-state index in [9.17, 15) is 9.18 Å². The summed E-state index contributed by atoms with van der Waals surface area (Å²) >= 11 is 0. The van der Waals surface area contributed by atoms with Crippen molar-refractivity contribution in [2.24, 2.45) is 5.92 Å². The van der Waals surface area contributed by atoms with E-state index in [1.54, 1.807) is 36.2 Å². The van der Waals surface area contributed by atoms with Gasteiger partial charge < -0.3 is 9.80 Å². The summed E-state index contributed by atoms with van der Waals surface area (Å²) in [4.78, 5) is 26.4. The second kappa shape index (κ2) is 8.41. The number of benzene rings is 3. The van der Waals surface area contributed by atoms with E-state index in [4.69, 9.17) is 0 Å². The number of rotatable bonds is 3. The Balaban J connectivity index is 1.30. The normalized spacial score (nSPS) is 19.4. The average Bonchev–Trinajstić information content (AvgIpc) is 2.87. The van der Waals surface area contributed by atoms with Gasteiger partial charge in [0, 0.05) is 25.6 Å². The Bertz CT molecular complexity index is 1440. The summed E-state index contributed by atoms with van der Waals surface area (Å²) in [6.07, 6.45) is 2.49. The van der Waals surface area contributed by atoms with E-state index in [1.165, 1.54) is 6.07 Å². The Morgan fingerprint density at radius 3 is 2.66 bits per heavy atom. The van der Waals surface area contributed by atoms with Crippen LogP contribution in [0.1, 0.15) is 22.3 Å². The summed E-state index contributed by atoms with van der Waals surface area (Å²) in [6, 6.07) is 17.7. The third-order valence-electron chi connectivity index (χ3n) is 7.28. The van der Waals surface area contributed by atoms with Crippen LogP contribution >= 0.6 is 0 Å². The molecule has 2 atom stereocenters. The first kappa shape index (κ1) is 21.6. The Morgan fingerprint density at radius 2 is 1.83 bits per heavy atom. The predicted molar refractivity (Wildman–Crippen MR) is 131 cm³/mol. The monoisotopic (exact) mass is 470 g/mol. The molecule has 0 radical (unpaired) electrons. The predicted octanol–water partition coefficient (Wildman–Crippen LogP) is 5.23. The fraction of sp³-hybridized carbons (Fsp3) is 0.250. The van der Waals surface area contributed by atoms with Gasteiger partial charge >= 0.3 is 0 Å². The Hall–Kier alpha value is -3.87. The zero-order valence-corrected chi connectivity index (χ0v) is 19.3. The summed E-state index contributed by atoms with van der Waals surface area (Å²) in [5.41, 5.74) is 2.72. The number of nitrogens with zero attached hydrogens (tertiary/aromatic N) is 4. The average molecular weight is 471 g/mol. The van der Waals surface area contributed by atoms with Gasteiger partial charge in [-0.15, -0.1) is 0 Å². The first-order valence-electron chi connectivity index (χ1n) is 11.8. The molecule has 2 saturated heterocycles. The van der Waals surface area contributed by atoms with Crippen molar-refractivity contribution in [3.05, 3.63) is 89.6 Å². The lowest BCUT2D eigenvalue weighted by Crippen LogP contribution is -2.65. The minimum Gasteiger partial charge on any atom is -0.350 e. The Morgan fingerprint density at radius 1 is 1.00 bits per heavy atom. The second-order valence-corrected chi connectivity index (χ2v) is 9.34. The van der Waals surface area contributed by atoms with Crippen molar-refractivity contribution in [2.75, 3.05) is 24.5 Å². The third-order valence-corrected chi connectivity index (χ3v) is 7.28. The highest BCUT2D eigenvalue weighted by molar-refractivity contribution is 6.01. The molecule has 3 aromatic carbocycles. The van der Waals surface area contributed by atoms with Crippen LogP contribution in [-0.4, -0.2) is 46.5 Å². The lowest BCUT2D eigenvalue weighted by atomic mass is 9.82. The number of aromatic nitrogens is 2. The summed E-state index contributed by atoms with van der Waals surface area (Å²) < 4.78 is 29.6. The number of para-hydroxylation sites is 1. The van der Waals surface area contributed by atoms with E-state index in [0.29, 0.717) is 41.5 Å². The van der Waals surface area contributed by atoms with Crippen LogP contribution in [0.3, 0.4) is 0 Å². The first-order valence-corrected chi connectivity index (χ1v) is 11.8. The van der Waals surface area contributed by atoms with Gasteiger partial charge in [0.1, 0.15) is 17.2 Å². The number of anilines is 1. The molecule has 5 nitrogen and oxygen atoms in total. The molecule has 35 heavy (non-hydrogen) atoms. The number of carbonyl (C=O) groups excluding carboxylic acids is 1. The number of hydrogen-bond acceptors (Lipinski definition) is 4. The molecule has 0 N–H and O–H groups in total. The van der Waals surface area contributed by atoms with Gasteiger partial charge in [-0.05, 0) is 42.2 Å². The molecule has 0 bridgehead atoms. The Labute approximate surface area is 202 Å². The molecule has 0 unspecified atom stereocenters. The maximum Gasteiger partial charge on any atom is 0.257 e. The molecule has 176 valence electrons. The van der Waals surface area contributed by atoms with Crippen molar-refractivity contribution < 1.29 is 13.6 Å². The van der Waals surface area contributed by atoms with Crippen molar-refractivity contribution in [2.45, 2.75) is 19.4 Å².